The van der Waals surface area contributed by atoms with Gasteiger partial charge < -0.3 is 15.2 Å². The van der Waals surface area contributed by atoms with Gasteiger partial charge in [0.25, 0.3) is 11.8 Å². The first-order chi connectivity index (χ1) is 12.9. The van der Waals surface area contributed by atoms with Crippen molar-refractivity contribution in [3.8, 4) is 0 Å². The molecule has 1 aliphatic heterocycles. The maximum absolute atomic E-state index is 13.0. The first-order valence-corrected chi connectivity index (χ1v) is 9.69. The Labute approximate surface area is 160 Å². The van der Waals surface area contributed by atoms with Gasteiger partial charge in [0.05, 0.1) is 5.69 Å². The summed E-state index contributed by atoms with van der Waals surface area (Å²) in [6, 6.07) is 7.82. The van der Waals surface area contributed by atoms with E-state index in [1.807, 2.05) is 42.7 Å². The van der Waals surface area contributed by atoms with Crippen molar-refractivity contribution in [2.45, 2.75) is 65.5 Å². The number of hydrogen-bond donors (Lipinski definition) is 2. The van der Waals surface area contributed by atoms with E-state index in [4.69, 9.17) is 0 Å². The minimum absolute atomic E-state index is 0.0178. The SMILES string of the molecule is CC(C)NC(=O)c1nc(C(=O)Nc2ccccc2C(C)C)c2n1CCCC2. The summed E-state index contributed by atoms with van der Waals surface area (Å²) in [5, 5.41) is 5.89. The van der Waals surface area contributed by atoms with Crippen LogP contribution in [0, 0.1) is 0 Å². The molecule has 6 heteroatoms. The molecule has 0 unspecified atom stereocenters. The fourth-order valence-corrected chi connectivity index (χ4v) is 3.52. The minimum Gasteiger partial charge on any atom is -0.347 e. The van der Waals surface area contributed by atoms with E-state index in [0.29, 0.717) is 17.4 Å². The van der Waals surface area contributed by atoms with E-state index in [9.17, 15) is 9.59 Å². The molecule has 6 nitrogen and oxygen atoms in total. The Balaban J connectivity index is 1.94. The Kier molecular flexibility index (Phi) is 5.63. The molecule has 144 valence electrons. The first kappa shape index (κ1) is 19.1. The molecule has 1 aliphatic rings. The van der Waals surface area contributed by atoms with Gasteiger partial charge >= 0.3 is 0 Å². The number of nitrogens with zero attached hydrogens (tertiary/aromatic N) is 2. The molecule has 2 aromatic rings. The molecular weight excluding hydrogens is 340 g/mol. The topological polar surface area (TPSA) is 76.0 Å². The summed E-state index contributed by atoms with van der Waals surface area (Å²) in [6.07, 6.45) is 2.75. The van der Waals surface area contributed by atoms with E-state index in [0.717, 1.165) is 42.8 Å². The summed E-state index contributed by atoms with van der Waals surface area (Å²) in [5.41, 5.74) is 3.09. The molecule has 0 saturated heterocycles. The van der Waals surface area contributed by atoms with E-state index in [1.54, 1.807) is 0 Å². The summed E-state index contributed by atoms with van der Waals surface area (Å²) in [5.74, 6) is 0.151. The van der Waals surface area contributed by atoms with Crippen LogP contribution in [0.3, 0.4) is 0 Å². The van der Waals surface area contributed by atoms with Gasteiger partial charge in [0.2, 0.25) is 0 Å². The average Bonchev–Trinajstić information content (AvgIpc) is 3.01. The molecule has 0 bridgehead atoms. The number of benzene rings is 1. The second kappa shape index (κ2) is 7.94. The fourth-order valence-electron chi connectivity index (χ4n) is 3.52. The van der Waals surface area contributed by atoms with Gasteiger partial charge in [-0.05, 0) is 50.7 Å². The van der Waals surface area contributed by atoms with Crippen molar-refractivity contribution in [2.24, 2.45) is 0 Å². The van der Waals surface area contributed by atoms with Gasteiger partial charge in [0.15, 0.2) is 11.5 Å². The van der Waals surface area contributed by atoms with Crippen LogP contribution in [0.25, 0.3) is 0 Å². The number of carbonyl (C=O) groups excluding carboxylic acids is 2. The molecule has 0 atom stereocenters. The summed E-state index contributed by atoms with van der Waals surface area (Å²) in [7, 11) is 0. The highest BCUT2D eigenvalue weighted by molar-refractivity contribution is 6.05. The molecule has 27 heavy (non-hydrogen) atoms. The predicted octanol–water partition coefficient (Wildman–Crippen LogP) is 3.73. The Morgan fingerprint density at radius 3 is 2.52 bits per heavy atom. The average molecular weight is 368 g/mol. The van der Waals surface area contributed by atoms with Crippen LogP contribution < -0.4 is 10.6 Å². The molecule has 0 spiro atoms. The molecule has 0 radical (unpaired) electrons. The Morgan fingerprint density at radius 2 is 1.81 bits per heavy atom. The van der Waals surface area contributed by atoms with Crippen LogP contribution in [-0.4, -0.2) is 27.4 Å². The highest BCUT2D eigenvalue weighted by atomic mass is 16.2. The van der Waals surface area contributed by atoms with Gasteiger partial charge in [0, 0.05) is 18.3 Å². The van der Waals surface area contributed by atoms with Crippen LogP contribution in [0.15, 0.2) is 24.3 Å². The molecule has 1 aromatic heterocycles. The highest BCUT2D eigenvalue weighted by Gasteiger charge is 2.28. The lowest BCUT2D eigenvalue weighted by atomic mass is 10.0. The maximum atomic E-state index is 13.0. The second-order valence-corrected chi connectivity index (χ2v) is 7.66. The Hall–Kier alpha value is -2.63. The van der Waals surface area contributed by atoms with E-state index < -0.39 is 0 Å². The zero-order chi connectivity index (χ0) is 19.6. The molecule has 0 saturated carbocycles. The van der Waals surface area contributed by atoms with Gasteiger partial charge in [-0.2, -0.15) is 0 Å². The van der Waals surface area contributed by atoms with Crippen LogP contribution in [0.1, 0.15) is 78.8 Å². The van der Waals surface area contributed by atoms with Gasteiger partial charge in [-0.3, -0.25) is 9.59 Å². The Morgan fingerprint density at radius 1 is 1.07 bits per heavy atom. The number of carbonyl (C=O) groups is 2. The molecular formula is C21H28N4O2. The number of anilines is 1. The van der Waals surface area contributed by atoms with Crippen molar-refractivity contribution in [3.05, 3.63) is 47.0 Å². The second-order valence-electron chi connectivity index (χ2n) is 7.66. The fraction of sp³-hybridized carbons (Fsp3) is 0.476. The maximum Gasteiger partial charge on any atom is 0.287 e. The molecule has 2 heterocycles. The third kappa shape index (κ3) is 4.04. The molecule has 3 rings (SSSR count). The van der Waals surface area contributed by atoms with Gasteiger partial charge in [-0.15, -0.1) is 0 Å². The molecule has 2 N–H and O–H groups in total. The monoisotopic (exact) mass is 368 g/mol. The summed E-state index contributed by atoms with van der Waals surface area (Å²) >= 11 is 0. The third-order valence-electron chi connectivity index (χ3n) is 4.79. The lowest BCUT2D eigenvalue weighted by molar-refractivity contribution is 0.0927. The van der Waals surface area contributed by atoms with E-state index in [-0.39, 0.29) is 17.9 Å². The number of fused-ring (bicyclic) bond motifs is 1. The van der Waals surface area contributed by atoms with Gasteiger partial charge in [0.1, 0.15) is 0 Å². The Bertz CT molecular complexity index is 852. The van der Waals surface area contributed by atoms with E-state index >= 15 is 0 Å². The van der Waals surface area contributed by atoms with Crippen molar-refractivity contribution < 1.29 is 9.59 Å². The number of hydrogen-bond acceptors (Lipinski definition) is 3. The summed E-state index contributed by atoms with van der Waals surface area (Å²) in [6.45, 7) is 8.73. The zero-order valence-electron chi connectivity index (χ0n) is 16.5. The van der Waals surface area contributed by atoms with Crippen LogP contribution >= 0.6 is 0 Å². The standard InChI is InChI=1S/C21H28N4O2/c1-13(2)15-9-5-6-10-16(15)23-20(26)18-17-11-7-8-12-25(17)19(24-18)21(27)22-14(3)4/h5-6,9-10,13-14H,7-8,11-12H2,1-4H3,(H,22,27)(H,23,26). The summed E-state index contributed by atoms with van der Waals surface area (Å²) < 4.78 is 1.91. The van der Waals surface area contributed by atoms with Crippen LogP contribution in [0.5, 0.6) is 0 Å². The largest absolute Gasteiger partial charge is 0.347 e. The van der Waals surface area contributed by atoms with Gasteiger partial charge in [-0.1, -0.05) is 32.0 Å². The quantitative estimate of drug-likeness (QED) is 0.844. The lowest BCUT2D eigenvalue weighted by Gasteiger charge is -2.18. The highest BCUT2D eigenvalue weighted by Crippen LogP contribution is 2.26. The van der Waals surface area contributed by atoms with Crippen molar-refractivity contribution >= 4 is 17.5 Å². The number of nitrogens with one attached hydrogen (secondary N) is 2. The van der Waals surface area contributed by atoms with Crippen molar-refractivity contribution in [3.63, 3.8) is 0 Å². The molecule has 1 aromatic carbocycles. The third-order valence-corrected chi connectivity index (χ3v) is 4.79. The van der Waals surface area contributed by atoms with Crippen LogP contribution in [-0.2, 0) is 13.0 Å². The van der Waals surface area contributed by atoms with Crippen molar-refractivity contribution in [1.29, 1.82) is 0 Å². The number of imidazole rings is 1. The number of rotatable bonds is 5. The number of para-hydroxylation sites is 1. The first-order valence-electron chi connectivity index (χ1n) is 9.69. The molecule has 0 aliphatic carbocycles. The van der Waals surface area contributed by atoms with Crippen LogP contribution in [0.4, 0.5) is 5.69 Å². The molecule has 0 fully saturated rings. The lowest BCUT2D eigenvalue weighted by Crippen LogP contribution is -2.33. The smallest absolute Gasteiger partial charge is 0.287 e. The molecule has 2 amide bonds. The minimum atomic E-state index is -0.252. The van der Waals surface area contributed by atoms with Crippen molar-refractivity contribution in [2.75, 3.05) is 5.32 Å². The van der Waals surface area contributed by atoms with Crippen LogP contribution in [0.2, 0.25) is 0 Å². The zero-order valence-corrected chi connectivity index (χ0v) is 16.5. The predicted molar refractivity (Wildman–Crippen MR) is 106 cm³/mol. The van der Waals surface area contributed by atoms with Gasteiger partial charge in [-0.25, -0.2) is 4.98 Å². The van der Waals surface area contributed by atoms with E-state index in [2.05, 4.69) is 29.5 Å². The normalized spacial score (nSPS) is 13.6. The van der Waals surface area contributed by atoms with E-state index in [1.165, 1.54) is 0 Å². The number of amides is 2. The van der Waals surface area contributed by atoms with Crippen molar-refractivity contribution in [1.82, 2.24) is 14.9 Å². The number of aromatic nitrogens is 2. The summed E-state index contributed by atoms with van der Waals surface area (Å²) in [4.78, 5) is 30.0.